The summed E-state index contributed by atoms with van der Waals surface area (Å²) in [7, 11) is 1.97. The highest BCUT2D eigenvalue weighted by Gasteiger charge is 2.09. The molecule has 2 heterocycles. The number of carbonyl (C=O) groups excluding carboxylic acids is 1. The molecule has 124 valence electrons. The van der Waals surface area contributed by atoms with E-state index in [0.29, 0.717) is 18.7 Å². The Morgan fingerprint density at radius 1 is 1.25 bits per heavy atom. The molecule has 1 N–H and O–H groups in total. The van der Waals surface area contributed by atoms with Crippen molar-refractivity contribution in [1.29, 1.82) is 0 Å². The van der Waals surface area contributed by atoms with Crippen LogP contribution in [0.2, 0.25) is 0 Å². The molecule has 0 radical (unpaired) electrons. The van der Waals surface area contributed by atoms with Crippen LogP contribution in [0.4, 0.5) is 0 Å². The SMILES string of the molecule is Cn1cc(-c2cccs2)nc1CCNC(=O)COc1ccccc1. The van der Waals surface area contributed by atoms with Crippen LogP contribution in [0.5, 0.6) is 5.75 Å². The maximum atomic E-state index is 11.8. The maximum Gasteiger partial charge on any atom is 0.257 e. The Kier molecular flexibility index (Phi) is 5.28. The molecular weight excluding hydrogens is 322 g/mol. The molecule has 1 aromatic carbocycles. The topological polar surface area (TPSA) is 56.2 Å². The van der Waals surface area contributed by atoms with Gasteiger partial charge in [-0.1, -0.05) is 24.3 Å². The van der Waals surface area contributed by atoms with Crippen molar-refractivity contribution in [2.45, 2.75) is 6.42 Å². The summed E-state index contributed by atoms with van der Waals surface area (Å²) in [5, 5.41) is 4.90. The van der Waals surface area contributed by atoms with E-state index in [-0.39, 0.29) is 12.5 Å². The summed E-state index contributed by atoms with van der Waals surface area (Å²) < 4.78 is 7.42. The van der Waals surface area contributed by atoms with Crippen LogP contribution in [0.15, 0.2) is 54.0 Å². The minimum Gasteiger partial charge on any atom is -0.484 e. The number of para-hydroxylation sites is 1. The zero-order valence-corrected chi connectivity index (χ0v) is 14.3. The van der Waals surface area contributed by atoms with Crippen molar-refractivity contribution in [2.75, 3.05) is 13.2 Å². The van der Waals surface area contributed by atoms with Gasteiger partial charge in [0.1, 0.15) is 11.6 Å². The molecule has 0 aliphatic heterocycles. The minimum atomic E-state index is -0.133. The Bertz CT molecular complexity index is 782. The van der Waals surface area contributed by atoms with Crippen molar-refractivity contribution < 1.29 is 9.53 Å². The predicted octanol–water partition coefficient (Wildman–Crippen LogP) is 2.89. The van der Waals surface area contributed by atoms with E-state index in [9.17, 15) is 4.79 Å². The summed E-state index contributed by atoms with van der Waals surface area (Å²) in [4.78, 5) is 17.6. The molecule has 5 nitrogen and oxygen atoms in total. The van der Waals surface area contributed by atoms with E-state index in [0.717, 1.165) is 16.4 Å². The van der Waals surface area contributed by atoms with Crippen LogP contribution in [0, 0.1) is 0 Å². The summed E-state index contributed by atoms with van der Waals surface area (Å²) >= 11 is 1.67. The van der Waals surface area contributed by atoms with Crippen LogP contribution >= 0.6 is 11.3 Å². The minimum absolute atomic E-state index is 0.0189. The van der Waals surface area contributed by atoms with Gasteiger partial charge in [-0.2, -0.15) is 0 Å². The van der Waals surface area contributed by atoms with E-state index in [1.54, 1.807) is 11.3 Å². The van der Waals surface area contributed by atoms with Gasteiger partial charge in [-0.15, -0.1) is 11.3 Å². The molecule has 3 aromatic rings. The quantitative estimate of drug-likeness (QED) is 0.719. The fourth-order valence-corrected chi connectivity index (χ4v) is 2.99. The van der Waals surface area contributed by atoms with Gasteiger partial charge >= 0.3 is 0 Å². The van der Waals surface area contributed by atoms with Gasteiger partial charge in [-0.25, -0.2) is 4.98 Å². The Morgan fingerprint density at radius 2 is 2.08 bits per heavy atom. The number of hydrogen-bond donors (Lipinski definition) is 1. The van der Waals surface area contributed by atoms with Crippen LogP contribution < -0.4 is 10.1 Å². The molecule has 2 aromatic heterocycles. The Morgan fingerprint density at radius 3 is 2.83 bits per heavy atom. The summed E-state index contributed by atoms with van der Waals surface area (Å²) in [6.45, 7) is 0.552. The standard InChI is InChI=1S/C18H19N3O2S/c1-21-12-15(16-8-5-11-24-16)20-17(21)9-10-19-18(22)13-23-14-6-3-2-4-7-14/h2-8,11-12H,9-10,13H2,1H3,(H,19,22). The van der Waals surface area contributed by atoms with Gasteiger partial charge in [0.15, 0.2) is 6.61 Å². The number of carbonyl (C=O) groups is 1. The van der Waals surface area contributed by atoms with E-state index >= 15 is 0 Å². The number of nitrogens with zero attached hydrogens (tertiary/aromatic N) is 2. The van der Waals surface area contributed by atoms with Gasteiger partial charge in [-0.3, -0.25) is 4.79 Å². The van der Waals surface area contributed by atoms with Crippen LogP contribution in [0.1, 0.15) is 5.82 Å². The lowest BCUT2D eigenvalue weighted by Crippen LogP contribution is -2.31. The predicted molar refractivity (Wildman–Crippen MR) is 95.2 cm³/mol. The number of benzene rings is 1. The van der Waals surface area contributed by atoms with Gasteiger partial charge in [0, 0.05) is 26.2 Å². The third kappa shape index (κ3) is 4.23. The van der Waals surface area contributed by atoms with E-state index in [1.807, 2.05) is 59.6 Å². The zero-order chi connectivity index (χ0) is 16.8. The summed E-state index contributed by atoms with van der Waals surface area (Å²) in [5.74, 6) is 1.51. The molecule has 0 fully saturated rings. The van der Waals surface area contributed by atoms with Crippen molar-refractivity contribution in [2.24, 2.45) is 7.05 Å². The fourth-order valence-electron chi connectivity index (χ4n) is 2.31. The van der Waals surface area contributed by atoms with E-state index in [4.69, 9.17) is 4.74 Å². The molecular formula is C18H19N3O2S. The van der Waals surface area contributed by atoms with Crippen molar-refractivity contribution in [3.05, 3.63) is 59.9 Å². The first-order valence-electron chi connectivity index (χ1n) is 7.73. The molecule has 0 saturated heterocycles. The molecule has 0 bridgehead atoms. The normalized spacial score (nSPS) is 10.5. The van der Waals surface area contributed by atoms with Crippen LogP contribution in [-0.4, -0.2) is 28.6 Å². The van der Waals surface area contributed by atoms with E-state index in [2.05, 4.69) is 16.4 Å². The average molecular weight is 341 g/mol. The van der Waals surface area contributed by atoms with E-state index < -0.39 is 0 Å². The largest absolute Gasteiger partial charge is 0.484 e. The molecule has 0 spiro atoms. The molecule has 24 heavy (non-hydrogen) atoms. The van der Waals surface area contributed by atoms with Crippen molar-refractivity contribution in [1.82, 2.24) is 14.9 Å². The van der Waals surface area contributed by atoms with Gasteiger partial charge in [0.05, 0.1) is 10.6 Å². The lowest BCUT2D eigenvalue weighted by molar-refractivity contribution is -0.123. The molecule has 3 rings (SSSR count). The number of aromatic nitrogens is 2. The Balaban J connectivity index is 1.45. The highest BCUT2D eigenvalue weighted by Crippen LogP contribution is 2.23. The number of thiophene rings is 1. The highest BCUT2D eigenvalue weighted by atomic mass is 32.1. The molecule has 6 heteroatoms. The van der Waals surface area contributed by atoms with Crippen LogP contribution in [0.3, 0.4) is 0 Å². The Hall–Kier alpha value is -2.60. The second kappa shape index (κ2) is 7.79. The van der Waals surface area contributed by atoms with Crippen molar-refractivity contribution in [3.8, 4) is 16.3 Å². The number of hydrogen-bond acceptors (Lipinski definition) is 4. The fraction of sp³-hybridized carbons (Fsp3) is 0.222. The summed E-state index contributed by atoms with van der Waals surface area (Å²) in [6.07, 6.45) is 2.69. The first-order valence-corrected chi connectivity index (χ1v) is 8.61. The first kappa shape index (κ1) is 16.3. The van der Waals surface area contributed by atoms with Gasteiger partial charge in [0.25, 0.3) is 5.91 Å². The van der Waals surface area contributed by atoms with Crippen LogP contribution in [0.25, 0.3) is 10.6 Å². The third-order valence-corrected chi connectivity index (χ3v) is 4.42. The lowest BCUT2D eigenvalue weighted by Gasteiger charge is -2.07. The number of rotatable bonds is 7. The molecule has 0 atom stereocenters. The summed E-state index contributed by atoms with van der Waals surface area (Å²) in [5.41, 5.74) is 0.973. The number of ether oxygens (including phenoxy) is 1. The first-order chi connectivity index (χ1) is 11.7. The second-order valence-corrected chi connectivity index (χ2v) is 6.28. The van der Waals surface area contributed by atoms with Crippen molar-refractivity contribution in [3.63, 3.8) is 0 Å². The van der Waals surface area contributed by atoms with Gasteiger partial charge in [-0.05, 0) is 23.6 Å². The van der Waals surface area contributed by atoms with E-state index in [1.165, 1.54) is 0 Å². The number of aryl methyl sites for hydroxylation is 1. The van der Waals surface area contributed by atoms with Crippen molar-refractivity contribution >= 4 is 17.2 Å². The molecule has 0 aliphatic rings. The highest BCUT2D eigenvalue weighted by molar-refractivity contribution is 7.13. The van der Waals surface area contributed by atoms with Gasteiger partial charge < -0.3 is 14.6 Å². The number of nitrogens with one attached hydrogen (secondary N) is 1. The smallest absolute Gasteiger partial charge is 0.257 e. The van der Waals surface area contributed by atoms with Gasteiger partial charge in [0.2, 0.25) is 0 Å². The zero-order valence-electron chi connectivity index (χ0n) is 13.4. The lowest BCUT2D eigenvalue weighted by atomic mass is 10.3. The monoisotopic (exact) mass is 341 g/mol. The van der Waals surface area contributed by atoms with Crippen LogP contribution in [-0.2, 0) is 18.3 Å². The molecule has 0 unspecified atom stereocenters. The maximum absolute atomic E-state index is 11.8. The molecule has 0 aliphatic carbocycles. The average Bonchev–Trinajstić information content (AvgIpc) is 3.24. The molecule has 1 amide bonds. The number of imidazole rings is 1. The number of amides is 1. The second-order valence-electron chi connectivity index (χ2n) is 5.33. The molecule has 0 saturated carbocycles. The Labute approximate surface area is 144 Å². The third-order valence-electron chi connectivity index (χ3n) is 3.53. The summed E-state index contributed by atoms with van der Waals surface area (Å²) in [6, 6.07) is 13.4.